The summed E-state index contributed by atoms with van der Waals surface area (Å²) in [5.41, 5.74) is 0. The van der Waals surface area contributed by atoms with Gasteiger partial charge in [-0.2, -0.15) is 8.78 Å². The predicted molar refractivity (Wildman–Crippen MR) is 44.9 cm³/mol. The summed E-state index contributed by atoms with van der Waals surface area (Å²) in [4.78, 5) is 22.4. The van der Waals surface area contributed by atoms with Crippen molar-refractivity contribution in [3.63, 3.8) is 0 Å². The second-order valence-electron chi connectivity index (χ2n) is 2.64. The van der Waals surface area contributed by atoms with Gasteiger partial charge in [0.15, 0.2) is 0 Å². The van der Waals surface area contributed by atoms with Gasteiger partial charge in [-0.3, -0.25) is 9.59 Å². The molecule has 1 amide bonds. The van der Waals surface area contributed by atoms with Gasteiger partial charge in [-0.05, 0) is 6.42 Å². The third kappa shape index (κ3) is 4.15. The molecule has 0 saturated heterocycles. The maximum Gasteiger partial charge on any atom is 0.325 e. The van der Waals surface area contributed by atoms with Crippen LogP contribution < -0.4 is 0 Å². The molecule has 0 rings (SSSR count). The molecule has 0 heterocycles. The number of hydrogen-bond acceptors (Lipinski definition) is 3. The van der Waals surface area contributed by atoms with Gasteiger partial charge in [0.1, 0.15) is 6.54 Å². The summed E-state index contributed by atoms with van der Waals surface area (Å²) in [6, 6.07) is 0. The summed E-state index contributed by atoms with van der Waals surface area (Å²) in [5, 5.41) is 0. The van der Waals surface area contributed by atoms with E-state index in [1.54, 1.807) is 6.92 Å². The molecule has 0 aromatic heterocycles. The van der Waals surface area contributed by atoms with Crippen LogP contribution in [0.25, 0.3) is 0 Å². The highest BCUT2D eigenvalue weighted by Gasteiger charge is 2.24. The van der Waals surface area contributed by atoms with Crippen LogP contribution in [0.15, 0.2) is 0 Å². The second-order valence-corrected chi connectivity index (χ2v) is 2.64. The van der Waals surface area contributed by atoms with Crippen LogP contribution in [0.5, 0.6) is 0 Å². The molecule has 0 atom stereocenters. The molecular weight excluding hydrogens is 196 g/mol. The number of carbonyl (C=O) groups is 2. The average molecular weight is 209 g/mol. The van der Waals surface area contributed by atoms with Crippen molar-refractivity contribution in [1.29, 1.82) is 0 Å². The lowest BCUT2D eigenvalue weighted by molar-refractivity contribution is -0.151. The van der Waals surface area contributed by atoms with Crippen molar-refractivity contribution in [1.82, 2.24) is 4.90 Å². The molecule has 0 fully saturated rings. The van der Waals surface area contributed by atoms with Crippen LogP contribution in [-0.2, 0) is 14.3 Å². The largest absolute Gasteiger partial charge is 0.468 e. The smallest absolute Gasteiger partial charge is 0.325 e. The number of carbonyl (C=O) groups excluding carboxylic acids is 2. The number of esters is 1. The Morgan fingerprint density at radius 2 is 2.00 bits per heavy atom. The molecule has 0 aliphatic rings. The van der Waals surface area contributed by atoms with Crippen molar-refractivity contribution in [2.24, 2.45) is 0 Å². The van der Waals surface area contributed by atoms with Crippen molar-refractivity contribution in [3.8, 4) is 0 Å². The Hall–Kier alpha value is -1.20. The van der Waals surface area contributed by atoms with Gasteiger partial charge in [-0.1, -0.05) is 6.92 Å². The SMILES string of the molecule is CCCN(CC(=O)OC)C(=O)C(F)F. The normalized spacial score (nSPS) is 10.1. The zero-order valence-electron chi connectivity index (χ0n) is 8.13. The Balaban J connectivity index is 4.28. The highest BCUT2D eigenvalue weighted by Crippen LogP contribution is 2.02. The molecule has 0 aliphatic carbocycles. The Morgan fingerprint density at radius 3 is 2.36 bits per heavy atom. The van der Waals surface area contributed by atoms with Gasteiger partial charge in [-0.15, -0.1) is 0 Å². The van der Waals surface area contributed by atoms with E-state index in [0.717, 1.165) is 12.0 Å². The quantitative estimate of drug-likeness (QED) is 0.625. The molecule has 0 radical (unpaired) electrons. The van der Waals surface area contributed by atoms with E-state index in [0.29, 0.717) is 6.42 Å². The van der Waals surface area contributed by atoms with Crippen molar-refractivity contribution < 1.29 is 23.1 Å². The Labute approximate surface area is 80.8 Å². The van der Waals surface area contributed by atoms with Crippen molar-refractivity contribution in [2.75, 3.05) is 20.2 Å². The summed E-state index contributed by atoms with van der Waals surface area (Å²) in [6.07, 6.45) is -2.57. The fraction of sp³-hybridized carbons (Fsp3) is 0.750. The van der Waals surface area contributed by atoms with Crippen LogP contribution in [-0.4, -0.2) is 43.4 Å². The highest BCUT2D eigenvalue weighted by atomic mass is 19.3. The van der Waals surface area contributed by atoms with E-state index in [2.05, 4.69) is 4.74 Å². The van der Waals surface area contributed by atoms with E-state index in [1.165, 1.54) is 0 Å². The molecule has 0 aliphatic heterocycles. The first-order valence-corrected chi connectivity index (χ1v) is 4.16. The number of rotatable bonds is 5. The number of hydrogen-bond donors (Lipinski definition) is 0. The lowest BCUT2D eigenvalue weighted by Gasteiger charge is -2.19. The summed E-state index contributed by atoms with van der Waals surface area (Å²) in [7, 11) is 1.14. The van der Waals surface area contributed by atoms with E-state index in [1.807, 2.05) is 0 Å². The minimum absolute atomic E-state index is 0.123. The maximum absolute atomic E-state index is 12.0. The Kier molecular flexibility index (Phi) is 5.74. The molecule has 0 unspecified atom stereocenters. The van der Waals surface area contributed by atoms with Gasteiger partial charge in [0.2, 0.25) is 0 Å². The van der Waals surface area contributed by atoms with Gasteiger partial charge in [0, 0.05) is 6.54 Å². The first-order valence-electron chi connectivity index (χ1n) is 4.16. The lowest BCUT2D eigenvalue weighted by atomic mass is 10.4. The number of alkyl halides is 2. The third-order valence-electron chi connectivity index (χ3n) is 1.54. The van der Waals surface area contributed by atoms with Crippen molar-refractivity contribution in [2.45, 2.75) is 19.8 Å². The average Bonchev–Trinajstić information content (AvgIpc) is 2.15. The molecule has 82 valence electrons. The van der Waals surface area contributed by atoms with E-state index >= 15 is 0 Å². The molecule has 0 N–H and O–H groups in total. The summed E-state index contributed by atoms with van der Waals surface area (Å²) in [6.45, 7) is 1.43. The lowest BCUT2D eigenvalue weighted by Crippen LogP contribution is -2.40. The minimum Gasteiger partial charge on any atom is -0.468 e. The topological polar surface area (TPSA) is 46.6 Å². The summed E-state index contributed by atoms with van der Waals surface area (Å²) < 4.78 is 28.3. The molecule has 4 nitrogen and oxygen atoms in total. The van der Waals surface area contributed by atoms with Gasteiger partial charge in [0.05, 0.1) is 7.11 Å². The number of ether oxygens (including phenoxy) is 1. The first kappa shape index (κ1) is 12.8. The molecule has 14 heavy (non-hydrogen) atoms. The number of amides is 1. The van der Waals surface area contributed by atoms with Crippen molar-refractivity contribution in [3.05, 3.63) is 0 Å². The summed E-state index contributed by atoms with van der Waals surface area (Å²) in [5.74, 6) is -2.04. The highest BCUT2D eigenvalue weighted by molar-refractivity contribution is 5.84. The molecule has 0 bridgehead atoms. The molecule has 0 aromatic carbocycles. The van der Waals surface area contributed by atoms with Crippen LogP contribution in [0, 0.1) is 0 Å². The first-order chi connectivity index (χ1) is 6.52. The zero-order chi connectivity index (χ0) is 11.1. The standard InChI is InChI=1S/C8H13F2NO3/c1-3-4-11(5-6(12)14-2)8(13)7(9)10/h7H,3-5H2,1-2H3. The van der Waals surface area contributed by atoms with Crippen LogP contribution in [0.3, 0.4) is 0 Å². The van der Waals surface area contributed by atoms with Gasteiger partial charge in [0.25, 0.3) is 5.91 Å². The third-order valence-corrected chi connectivity index (χ3v) is 1.54. The Bertz CT molecular complexity index is 209. The van der Waals surface area contributed by atoms with E-state index in [-0.39, 0.29) is 6.54 Å². The number of halogens is 2. The van der Waals surface area contributed by atoms with Crippen LogP contribution in [0.1, 0.15) is 13.3 Å². The van der Waals surface area contributed by atoms with Crippen LogP contribution in [0.4, 0.5) is 8.78 Å². The van der Waals surface area contributed by atoms with Crippen LogP contribution >= 0.6 is 0 Å². The second kappa shape index (κ2) is 6.28. The molecule has 0 spiro atoms. The molecular formula is C8H13F2NO3. The van der Waals surface area contributed by atoms with E-state index in [9.17, 15) is 18.4 Å². The molecule has 0 aromatic rings. The van der Waals surface area contributed by atoms with Gasteiger partial charge < -0.3 is 9.64 Å². The van der Waals surface area contributed by atoms with Crippen LogP contribution in [0.2, 0.25) is 0 Å². The maximum atomic E-state index is 12.0. The van der Waals surface area contributed by atoms with E-state index < -0.39 is 24.8 Å². The molecule has 6 heteroatoms. The number of methoxy groups -OCH3 is 1. The minimum atomic E-state index is -3.08. The van der Waals surface area contributed by atoms with Gasteiger partial charge >= 0.3 is 12.4 Å². The predicted octanol–water partition coefficient (Wildman–Crippen LogP) is 0.663. The Morgan fingerprint density at radius 1 is 1.43 bits per heavy atom. The fourth-order valence-corrected chi connectivity index (χ4v) is 0.895. The number of nitrogens with zero attached hydrogens (tertiary/aromatic N) is 1. The molecule has 0 saturated carbocycles. The fourth-order valence-electron chi connectivity index (χ4n) is 0.895. The van der Waals surface area contributed by atoms with Gasteiger partial charge in [-0.25, -0.2) is 0 Å². The monoisotopic (exact) mass is 209 g/mol. The summed E-state index contributed by atoms with van der Waals surface area (Å²) >= 11 is 0. The van der Waals surface area contributed by atoms with Crippen molar-refractivity contribution >= 4 is 11.9 Å². The van der Waals surface area contributed by atoms with E-state index in [4.69, 9.17) is 0 Å². The zero-order valence-corrected chi connectivity index (χ0v) is 8.13.